The highest BCUT2D eigenvalue weighted by molar-refractivity contribution is 6.21. The molecule has 2 heterocycles. The van der Waals surface area contributed by atoms with E-state index in [2.05, 4.69) is 36.6 Å². The van der Waals surface area contributed by atoms with Crippen LogP contribution in [0.2, 0.25) is 0 Å². The standard InChI is InChI=1S/C29H38N2O4/c1-3-19-16-21-17-20-10-7-8-14-25(33)30-15-9-12-23-28(34)27(29(35)31-23)24(32)13-6-4-5-11-22(20)26(21)18(19)2/h4-8,10-11,14,18-23,26,34H,3,9,12-13,15-17H2,1-2H3,(H,30,33)(H,31,35)/b6-4-,10-7-,11-5+,14-8+/t18-,19-,20+,21+,22+,23+,26+/m1/s1. The van der Waals surface area contributed by atoms with Crippen molar-refractivity contribution < 1.29 is 19.5 Å². The van der Waals surface area contributed by atoms with Crippen LogP contribution in [0.5, 0.6) is 0 Å². The van der Waals surface area contributed by atoms with Crippen molar-refractivity contribution in [2.75, 3.05) is 6.54 Å². The van der Waals surface area contributed by atoms with E-state index >= 15 is 0 Å². The number of Topliss-reactive ketones (excluding diaryl/α,β-unsaturated/α-hetero) is 1. The average Bonchev–Trinajstić information content (AvgIpc) is 3.43. The summed E-state index contributed by atoms with van der Waals surface area (Å²) in [5.74, 6) is 2.43. The van der Waals surface area contributed by atoms with Crippen LogP contribution in [-0.4, -0.2) is 35.3 Å². The molecule has 0 aromatic carbocycles. The SMILES string of the molecule is CC[C@@H]1C[C@H]2C[C@@H]3/C=C\C=C\C(=O)NCCC[C@@H]4NC(=O)C(=C4O)C(=O)C/C=C\C=C\[C@@H]3[C@H]2[C@@H]1C. The van der Waals surface area contributed by atoms with Gasteiger partial charge in [0.1, 0.15) is 11.3 Å². The van der Waals surface area contributed by atoms with Gasteiger partial charge in [0.2, 0.25) is 5.91 Å². The number of amides is 2. The number of nitrogens with one attached hydrogen (secondary N) is 2. The molecule has 35 heavy (non-hydrogen) atoms. The van der Waals surface area contributed by atoms with Crippen LogP contribution in [0.3, 0.4) is 0 Å². The van der Waals surface area contributed by atoms with Gasteiger partial charge in [-0.15, -0.1) is 0 Å². The van der Waals surface area contributed by atoms with Gasteiger partial charge in [-0.1, -0.05) is 62.8 Å². The second kappa shape index (κ2) is 11.2. The Balaban J connectivity index is 1.55. The Kier molecular flexibility index (Phi) is 8.09. The fourth-order valence-electron chi connectivity index (χ4n) is 6.77. The van der Waals surface area contributed by atoms with Crippen LogP contribution in [0, 0.1) is 35.5 Å². The van der Waals surface area contributed by atoms with Crippen molar-refractivity contribution in [1.82, 2.24) is 10.6 Å². The number of carbonyl (C=O) groups is 3. The minimum atomic E-state index is -0.584. The molecule has 6 heteroatoms. The molecule has 2 saturated carbocycles. The molecule has 0 radical (unpaired) electrons. The third-order valence-corrected chi connectivity index (χ3v) is 8.51. The van der Waals surface area contributed by atoms with Crippen LogP contribution in [0.4, 0.5) is 0 Å². The van der Waals surface area contributed by atoms with Crippen molar-refractivity contribution in [3.8, 4) is 0 Å². The van der Waals surface area contributed by atoms with Gasteiger partial charge < -0.3 is 15.7 Å². The second-order valence-corrected chi connectivity index (χ2v) is 10.5. The maximum atomic E-state index is 12.6. The molecule has 2 fully saturated rings. The van der Waals surface area contributed by atoms with E-state index in [4.69, 9.17) is 0 Å². The normalized spacial score (nSPS) is 39.8. The number of aliphatic hydroxyl groups excluding tert-OH is 1. The molecule has 188 valence electrons. The van der Waals surface area contributed by atoms with Crippen molar-refractivity contribution >= 4 is 17.6 Å². The Morgan fingerprint density at radius 1 is 1.06 bits per heavy atom. The molecule has 4 aliphatic rings. The van der Waals surface area contributed by atoms with E-state index < -0.39 is 11.9 Å². The number of aliphatic hydroxyl groups is 1. The highest BCUT2D eigenvalue weighted by Gasteiger charge is 2.49. The Morgan fingerprint density at radius 2 is 1.86 bits per heavy atom. The molecule has 0 aromatic heterocycles. The van der Waals surface area contributed by atoms with Crippen molar-refractivity contribution in [2.45, 2.75) is 58.4 Å². The Morgan fingerprint density at radius 3 is 2.66 bits per heavy atom. The Bertz CT molecular complexity index is 989. The summed E-state index contributed by atoms with van der Waals surface area (Å²) in [5.41, 5.74) is -0.140. The highest BCUT2D eigenvalue weighted by Crippen LogP contribution is 2.57. The van der Waals surface area contributed by atoms with Gasteiger partial charge in [-0.25, -0.2) is 0 Å². The molecule has 2 aliphatic heterocycles. The summed E-state index contributed by atoms with van der Waals surface area (Å²) >= 11 is 0. The summed E-state index contributed by atoms with van der Waals surface area (Å²) in [6, 6.07) is -0.584. The van der Waals surface area contributed by atoms with Crippen LogP contribution >= 0.6 is 0 Å². The second-order valence-electron chi connectivity index (χ2n) is 10.5. The van der Waals surface area contributed by atoms with Gasteiger partial charge in [-0.05, 0) is 61.2 Å². The molecule has 2 aliphatic carbocycles. The predicted octanol–water partition coefficient (Wildman–Crippen LogP) is 4.33. The van der Waals surface area contributed by atoms with E-state index in [-0.39, 0.29) is 29.4 Å². The fraction of sp³-hybridized carbons (Fsp3) is 0.552. The molecule has 3 N–H and O–H groups in total. The van der Waals surface area contributed by atoms with E-state index in [9.17, 15) is 19.5 Å². The molecule has 4 rings (SSSR count). The molecule has 0 saturated heterocycles. The monoisotopic (exact) mass is 478 g/mol. The first kappa shape index (κ1) is 25.2. The quantitative estimate of drug-likeness (QED) is 0.489. The summed E-state index contributed by atoms with van der Waals surface area (Å²) < 4.78 is 0. The van der Waals surface area contributed by atoms with Gasteiger partial charge >= 0.3 is 0 Å². The number of hydrogen-bond acceptors (Lipinski definition) is 4. The van der Waals surface area contributed by atoms with Gasteiger partial charge in [0.05, 0.1) is 6.04 Å². The highest BCUT2D eigenvalue weighted by atomic mass is 16.3. The minimum absolute atomic E-state index is 0.0685. The maximum Gasteiger partial charge on any atom is 0.259 e. The largest absolute Gasteiger partial charge is 0.509 e. The van der Waals surface area contributed by atoms with Gasteiger partial charge in [-0.2, -0.15) is 0 Å². The minimum Gasteiger partial charge on any atom is -0.509 e. The smallest absolute Gasteiger partial charge is 0.259 e. The third kappa shape index (κ3) is 5.52. The van der Waals surface area contributed by atoms with Crippen molar-refractivity contribution in [1.29, 1.82) is 0 Å². The zero-order valence-electron chi connectivity index (χ0n) is 20.8. The molecule has 0 spiro atoms. The van der Waals surface area contributed by atoms with E-state index in [0.717, 1.165) is 11.8 Å². The summed E-state index contributed by atoms with van der Waals surface area (Å²) in [6.45, 7) is 5.11. The summed E-state index contributed by atoms with van der Waals surface area (Å²) in [7, 11) is 0. The summed E-state index contributed by atoms with van der Waals surface area (Å²) in [5, 5.41) is 16.0. The molecule has 6 nitrogen and oxygen atoms in total. The van der Waals surface area contributed by atoms with Gasteiger partial charge in [-0.3, -0.25) is 14.4 Å². The number of allylic oxidation sites excluding steroid dienone is 7. The van der Waals surface area contributed by atoms with Crippen LogP contribution in [0.25, 0.3) is 0 Å². The lowest BCUT2D eigenvalue weighted by Gasteiger charge is -2.26. The molecule has 7 atom stereocenters. The Hall–Kier alpha value is -2.89. The number of rotatable bonds is 1. The number of carbonyl (C=O) groups excluding carboxylic acids is 3. The molecule has 0 aromatic rings. The summed E-state index contributed by atoms with van der Waals surface area (Å²) in [6.07, 6.45) is 20.3. The van der Waals surface area contributed by atoms with Gasteiger partial charge in [0, 0.05) is 19.0 Å². The molecule has 2 amide bonds. The Labute approximate surface area is 208 Å². The topological polar surface area (TPSA) is 95.5 Å². The zero-order chi connectivity index (χ0) is 24.9. The molecular formula is C29H38N2O4. The lowest BCUT2D eigenvalue weighted by molar-refractivity contribution is -0.122. The number of fused-ring (bicyclic) bond motifs is 4. The van der Waals surface area contributed by atoms with Crippen LogP contribution in [-0.2, 0) is 14.4 Å². The first-order chi connectivity index (χ1) is 16.9. The number of hydrogen-bond donors (Lipinski definition) is 3. The average molecular weight is 479 g/mol. The van der Waals surface area contributed by atoms with E-state index in [1.165, 1.54) is 19.3 Å². The van der Waals surface area contributed by atoms with Crippen LogP contribution < -0.4 is 10.6 Å². The third-order valence-electron chi connectivity index (χ3n) is 8.51. The van der Waals surface area contributed by atoms with Crippen LogP contribution in [0.1, 0.15) is 52.4 Å². The van der Waals surface area contributed by atoms with E-state index in [0.29, 0.717) is 43.1 Å². The molecular weight excluding hydrogens is 440 g/mol. The molecule has 2 bridgehead atoms. The lowest BCUT2D eigenvalue weighted by atomic mass is 9.79. The number of ketones is 1. The first-order valence-electron chi connectivity index (χ1n) is 13.1. The maximum absolute atomic E-state index is 12.6. The van der Waals surface area contributed by atoms with Crippen molar-refractivity contribution in [3.05, 3.63) is 59.9 Å². The van der Waals surface area contributed by atoms with Crippen molar-refractivity contribution in [2.24, 2.45) is 35.5 Å². The van der Waals surface area contributed by atoms with E-state index in [1.54, 1.807) is 12.2 Å². The fourth-order valence-corrected chi connectivity index (χ4v) is 6.77. The van der Waals surface area contributed by atoms with Crippen LogP contribution in [0.15, 0.2) is 59.9 Å². The van der Waals surface area contributed by atoms with Crippen molar-refractivity contribution in [3.63, 3.8) is 0 Å². The molecule has 0 unspecified atom stereocenters. The summed E-state index contributed by atoms with van der Waals surface area (Å²) in [4.78, 5) is 37.1. The van der Waals surface area contributed by atoms with E-state index in [1.807, 2.05) is 24.3 Å². The predicted molar refractivity (Wildman–Crippen MR) is 136 cm³/mol. The van der Waals surface area contributed by atoms with Gasteiger partial charge in [0.25, 0.3) is 5.91 Å². The first-order valence-corrected chi connectivity index (χ1v) is 13.1. The van der Waals surface area contributed by atoms with Gasteiger partial charge in [0.15, 0.2) is 5.78 Å². The lowest BCUT2D eigenvalue weighted by Crippen LogP contribution is -2.31. The zero-order valence-corrected chi connectivity index (χ0v) is 20.8.